The molecule has 0 amide bonds. The minimum Gasteiger partial charge on any atom is -0.381 e. The van der Waals surface area contributed by atoms with E-state index in [1.165, 1.54) is 11.1 Å². The Morgan fingerprint density at radius 3 is 2.65 bits per heavy atom. The molecule has 0 saturated heterocycles. The predicted molar refractivity (Wildman–Crippen MR) is 77.7 cm³/mol. The van der Waals surface area contributed by atoms with E-state index in [1.54, 1.807) is 11.0 Å². The molecule has 1 aromatic heterocycles. The zero-order valence-corrected chi connectivity index (χ0v) is 11.2. The maximum Gasteiger partial charge on any atom is 0.143 e. The molecule has 0 fully saturated rings. The first-order valence-electron chi connectivity index (χ1n) is 6.44. The zero-order valence-electron chi connectivity index (χ0n) is 11.2. The van der Waals surface area contributed by atoms with Gasteiger partial charge in [-0.3, -0.25) is 0 Å². The molecule has 0 bridgehead atoms. The molecule has 2 aromatic carbocycles. The minimum atomic E-state index is 0.811. The van der Waals surface area contributed by atoms with E-state index >= 15 is 0 Å². The van der Waals surface area contributed by atoms with Crippen molar-refractivity contribution in [1.29, 1.82) is 0 Å². The van der Waals surface area contributed by atoms with Crippen LogP contribution in [0.3, 0.4) is 0 Å². The molecular formula is C15H15N5. The fraction of sp³-hybridized carbons (Fsp3) is 0.133. The standard InChI is InChI=1S/C15H15N5/c1-12-3-2-4-13(9-12)10-16-14-5-7-15(8-6-14)20-11-17-18-19-20/h2-9,11,16H,10H2,1H3. The molecule has 0 radical (unpaired) electrons. The molecule has 0 spiro atoms. The van der Waals surface area contributed by atoms with Gasteiger partial charge in [-0.1, -0.05) is 29.8 Å². The Bertz CT molecular complexity index is 674. The van der Waals surface area contributed by atoms with Gasteiger partial charge in [-0.15, -0.1) is 5.10 Å². The topological polar surface area (TPSA) is 55.6 Å². The Morgan fingerprint density at radius 2 is 1.95 bits per heavy atom. The summed E-state index contributed by atoms with van der Waals surface area (Å²) in [5.74, 6) is 0. The number of hydrogen-bond acceptors (Lipinski definition) is 4. The average molecular weight is 265 g/mol. The summed E-state index contributed by atoms with van der Waals surface area (Å²) in [5.41, 5.74) is 4.56. The van der Waals surface area contributed by atoms with E-state index in [-0.39, 0.29) is 0 Å². The van der Waals surface area contributed by atoms with Crippen LogP contribution < -0.4 is 5.32 Å². The van der Waals surface area contributed by atoms with Crippen molar-refractivity contribution >= 4 is 5.69 Å². The third kappa shape index (κ3) is 2.83. The van der Waals surface area contributed by atoms with Crippen LogP contribution in [0, 0.1) is 6.92 Å². The highest BCUT2D eigenvalue weighted by molar-refractivity contribution is 5.48. The van der Waals surface area contributed by atoms with Gasteiger partial charge in [0.15, 0.2) is 0 Å². The molecule has 5 heteroatoms. The van der Waals surface area contributed by atoms with E-state index in [9.17, 15) is 0 Å². The molecule has 0 unspecified atom stereocenters. The number of rotatable bonds is 4. The Labute approximate surface area is 117 Å². The predicted octanol–water partition coefficient (Wildman–Crippen LogP) is 2.58. The van der Waals surface area contributed by atoms with Gasteiger partial charge >= 0.3 is 0 Å². The van der Waals surface area contributed by atoms with E-state index < -0.39 is 0 Å². The van der Waals surface area contributed by atoms with Gasteiger partial charge in [-0.05, 0) is 47.2 Å². The summed E-state index contributed by atoms with van der Waals surface area (Å²) in [5, 5.41) is 14.5. The van der Waals surface area contributed by atoms with Crippen molar-refractivity contribution in [3.05, 3.63) is 66.0 Å². The Balaban J connectivity index is 1.67. The molecule has 0 atom stereocenters. The van der Waals surface area contributed by atoms with Gasteiger partial charge in [0, 0.05) is 12.2 Å². The first-order chi connectivity index (χ1) is 9.81. The Hall–Kier alpha value is -2.69. The van der Waals surface area contributed by atoms with Crippen molar-refractivity contribution in [2.24, 2.45) is 0 Å². The molecule has 0 saturated carbocycles. The SMILES string of the molecule is Cc1cccc(CNc2ccc(-n3cnnn3)cc2)c1. The van der Waals surface area contributed by atoms with E-state index in [1.807, 2.05) is 24.3 Å². The van der Waals surface area contributed by atoms with Crippen LogP contribution in [-0.4, -0.2) is 20.2 Å². The summed E-state index contributed by atoms with van der Waals surface area (Å²) in [4.78, 5) is 0. The Kier molecular flexibility index (Phi) is 3.41. The lowest BCUT2D eigenvalue weighted by Gasteiger charge is -2.08. The van der Waals surface area contributed by atoms with Gasteiger partial charge in [0.2, 0.25) is 0 Å². The number of anilines is 1. The van der Waals surface area contributed by atoms with Crippen LogP contribution in [0.4, 0.5) is 5.69 Å². The van der Waals surface area contributed by atoms with Crippen molar-refractivity contribution in [1.82, 2.24) is 20.2 Å². The quantitative estimate of drug-likeness (QED) is 0.787. The molecule has 0 aliphatic rings. The van der Waals surface area contributed by atoms with E-state index in [4.69, 9.17) is 0 Å². The van der Waals surface area contributed by atoms with Crippen molar-refractivity contribution in [3.63, 3.8) is 0 Å². The first-order valence-corrected chi connectivity index (χ1v) is 6.44. The highest BCUT2D eigenvalue weighted by Crippen LogP contribution is 2.13. The lowest BCUT2D eigenvalue weighted by atomic mass is 10.1. The zero-order chi connectivity index (χ0) is 13.8. The molecule has 0 aliphatic heterocycles. The lowest BCUT2D eigenvalue weighted by Crippen LogP contribution is -2.00. The maximum atomic E-state index is 3.85. The summed E-state index contributed by atoms with van der Waals surface area (Å²) in [6.07, 6.45) is 1.58. The minimum absolute atomic E-state index is 0.811. The van der Waals surface area contributed by atoms with E-state index in [2.05, 4.69) is 52.0 Å². The van der Waals surface area contributed by atoms with E-state index in [0.717, 1.165) is 17.9 Å². The van der Waals surface area contributed by atoms with Crippen LogP contribution in [0.25, 0.3) is 5.69 Å². The number of benzene rings is 2. The monoisotopic (exact) mass is 265 g/mol. The third-order valence-electron chi connectivity index (χ3n) is 3.06. The fourth-order valence-corrected chi connectivity index (χ4v) is 2.04. The molecule has 3 rings (SSSR count). The molecule has 1 heterocycles. The third-order valence-corrected chi connectivity index (χ3v) is 3.06. The van der Waals surface area contributed by atoms with Crippen molar-refractivity contribution in [2.45, 2.75) is 13.5 Å². The van der Waals surface area contributed by atoms with Crippen molar-refractivity contribution in [3.8, 4) is 5.69 Å². The molecule has 0 aliphatic carbocycles. The largest absolute Gasteiger partial charge is 0.381 e. The van der Waals surface area contributed by atoms with Gasteiger partial charge in [0.25, 0.3) is 0 Å². The molecule has 100 valence electrons. The highest BCUT2D eigenvalue weighted by Gasteiger charge is 1.98. The second-order valence-electron chi connectivity index (χ2n) is 4.64. The molecule has 5 nitrogen and oxygen atoms in total. The fourth-order valence-electron chi connectivity index (χ4n) is 2.04. The van der Waals surface area contributed by atoms with Crippen LogP contribution in [0.2, 0.25) is 0 Å². The Morgan fingerprint density at radius 1 is 1.10 bits per heavy atom. The van der Waals surface area contributed by atoms with Crippen LogP contribution in [0.15, 0.2) is 54.9 Å². The summed E-state index contributed by atoms with van der Waals surface area (Å²) < 4.78 is 1.63. The number of nitrogens with zero attached hydrogens (tertiary/aromatic N) is 4. The second kappa shape index (κ2) is 5.52. The van der Waals surface area contributed by atoms with Gasteiger partial charge < -0.3 is 5.32 Å². The number of nitrogens with one attached hydrogen (secondary N) is 1. The summed E-state index contributed by atoms with van der Waals surface area (Å²) in [7, 11) is 0. The first kappa shape index (κ1) is 12.3. The van der Waals surface area contributed by atoms with Gasteiger partial charge in [0.05, 0.1) is 5.69 Å². The van der Waals surface area contributed by atoms with Gasteiger partial charge in [-0.2, -0.15) is 0 Å². The van der Waals surface area contributed by atoms with Crippen LogP contribution in [0.1, 0.15) is 11.1 Å². The number of aromatic nitrogens is 4. The second-order valence-corrected chi connectivity index (χ2v) is 4.64. The number of aryl methyl sites for hydroxylation is 1. The van der Waals surface area contributed by atoms with Crippen LogP contribution in [0.5, 0.6) is 0 Å². The van der Waals surface area contributed by atoms with Crippen molar-refractivity contribution < 1.29 is 0 Å². The van der Waals surface area contributed by atoms with Crippen LogP contribution >= 0.6 is 0 Å². The molecule has 3 aromatic rings. The summed E-state index contributed by atoms with van der Waals surface area (Å²) >= 11 is 0. The summed E-state index contributed by atoms with van der Waals surface area (Å²) in [6.45, 7) is 2.91. The maximum absolute atomic E-state index is 3.85. The highest BCUT2D eigenvalue weighted by atomic mass is 15.5. The van der Waals surface area contributed by atoms with Gasteiger partial charge in [0.1, 0.15) is 6.33 Å². The van der Waals surface area contributed by atoms with Gasteiger partial charge in [-0.25, -0.2) is 4.68 Å². The van der Waals surface area contributed by atoms with Crippen LogP contribution in [-0.2, 0) is 6.54 Å². The average Bonchev–Trinajstić information content (AvgIpc) is 3.00. The smallest absolute Gasteiger partial charge is 0.143 e. The number of hydrogen-bond donors (Lipinski definition) is 1. The van der Waals surface area contributed by atoms with Crippen molar-refractivity contribution in [2.75, 3.05) is 5.32 Å². The molecular weight excluding hydrogens is 250 g/mol. The lowest BCUT2D eigenvalue weighted by molar-refractivity contribution is 0.789. The summed E-state index contributed by atoms with van der Waals surface area (Å²) in [6, 6.07) is 16.5. The number of tetrazole rings is 1. The van der Waals surface area contributed by atoms with E-state index in [0.29, 0.717) is 0 Å². The molecule has 20 heavy (non-hydrogen) atoms. The normalized spacial score (nSPS) is 10.4. The molecule has 1 N–H and O–H groups in total.